The van der Waals surface area contributed by atoms with Crippen molar-refractivity contribution < 1.29 is 29.3 Å². The van der Waals surface area contributed by atoms with Gasteiger partial charge in [-0.25, -0.2) is 9.59 Å². The first-order chi connectivity index (χ1) is 9.06. The third-order valence-electron chi connectivity index (χ3n) is 2.37. The number of carbonyl (C=O) groups is 2. The molecule has 0 fully saturated rings. The quantitative estimate of drug-likeness (QED) is 0.609. The normalized spacial score (nSPS) is 13.7. The van der Waals surface area contributed by atoms with E-state index in [1.807, 2.05) is 0 Å². The number of aliphatic carboxylic acids is 1. The fourth-order valence-electron chi connectivity index (χ4n) is 1.43. The SMILES string of the molecule is O=C(NCC(O)C(=O)O)Nc1ccc2c(c1)OCO2. The molecule has 2 rings (SSSR count). The van der Waals surface area contributed by atoms with E-state index in [9.17, 15) is 9.59 Å². The first-order valence-corrected chi connectivity index (χ1v) is 5.41. The molecule has 1 unspecified atom stereocenters. The Kier molecular flexibility index (Phi) is 3.71. The largest absolute Gasteiger partial charge is 0.479 e. The van der Waals surface area contributed by atoms with Crippen LogP contribution >= 0.6 is 0 Å². The Hall–Kier alpha value is -2.48. The van der Waals surface area contributed by atoms with Crippen LogP contribution in [-0.2, 0) is 4.79 Å². The van der Waals surface area contributed by atoms with E-state index in [0.717, 1.165) is 0 Å². The molecule has 1 aliphatic rings. The van der Waals surface area contributed by atoms with Gasteiger partial charge in [0, 0.05) is 11.8 Å². The van der Waals surface area contributed by atoms with Crippen molar-refractivity contribution in [2.75, 3.05) is 18.7 Å². The van der Waals surface area contributed by atoms with Crippen LogP contribution in [0.2, 0.25) is 0 Å². The Morgan fingerprint density at radius 1 is 1.32 bits per heavy atom. The zero-order chi connectivity index (χ0) is 13.8. The van der Waals surface area contributed by atoms with E-state index >= 15 is 0 Å². The van der Waals surface area contributed by atoms with Gasteiger partial charge in [-0.15, -0.1) is 0 Å². The third kappa shape index (κ3) is 3.26. The minimum absolute atomic E-state index is 0.135. The molecule has 0 saturated carbocycles. The molecular weight excluding hydrogens is 256 g/mol. The molecule has 19 heavy (non-hydrogen) atoms. The molecule has 1 aromatic carbocycles. The number of aliphatic hydroxyl groups excluding tert-OH is 1. The van der Waals surface area contributed by atoms with Crippen molar-refractivity contribution in [3.63, 3.8) is 0 Å². The van der Waals surface area contributed by atoms with Crippen molar-refractivity contribution in [1.82, 2.24) is 5.32 Å². The van der Waals surface area contributed by atoms with Gasteiger partial charge in [0.25, 0.3) is 0 Å². The number of hydrogen-bond donors (Lipinski definition) is 4. The summed E-state index contributed by atoms with van der Waals surface area (Å²) in [4.78, 5) is 21.8. The van der Waals surface area contributed by atoms with E-state index in [0.29, 0.717) is 17.2 Å². The van der Waals surface area contributed by atoms with Gasteiger partial charge >= 0.3 is 12.0 Å². The van der Waals surface area contributed by atoms with Gasteiger partial charge in [-0.3, -0.25) is 0 Å². The van der Waals surface area contributed by atoms with Crippen LogP contribution in [0.15, 0.2) is 18.2 Å². The summed E-state index contributed by atoms with van der Waals surface area (Å²) in [5.74, 6) is -0.293. The minimum atomic E-state index is -1.64. The lowest BCUT2D eigenvalue weighted by atomic mass is 10.3. The topological polar surface area (TPSA) is 117 Å². The van der Waals surface area contributed by atoms with Crippen molar-refractivity contribution in [3.05, 3.63) is 18.2 Å². The molecule has 0 aliphatic carbocycles. The average Bonchev–Trinajstić information content (AvgIpc) is 2.83. The second kappa shape index (κ2) is 5.44. The molecule has 4 N–H and O–H groups in total. The van der Waals surface area contributed by atoms with Crippen LogP contribution in [0, 0.1) is 0 Å². The van der Waals surface area contributed by atoms with Crippen LogP contribution < -0.4 is 20.1 Å². The van der Waals surface area contributed by atoms with Gasteiger partial charge in [0.15, 0.2) is 17.6 Å². The highest BCUT2D eigenvalue weighted by atomic mass is 16.7. The number of benzene rings is 1. The highest BCUT2D eigenvalue weighted by Gasteiger charge is 2.16. The molecule has 0 bridgehead atoms. The van der Waals surface area contributed by atoms with Crippen LogP contribution in [0.4, 0.5) is 10.5 Å². The zero-order valence-electron chi connectivity index (χ0n) is 9.75. The summed E-state index contributed by atoms with van der Waals surface area (Å²) >= 11 is 0. The van der Waals surface area contributed by atoms with Crippen molar-refractivity contribution in [3.8, 4) is 11.5 Å². The highest BCUT2D eigenvalue weighted by Crippen LogP contribution is 2.34. The van der Waals surface area contributed by atoms with Crippen LogP contribution in [0.3, 0.4) is 0 Å². The smallest absolute Gasteiger partial charge is 0.334 e. The number of anilines is 1. The van der Waals surface area contributed by atoms with Crippen LogP contribution in [0.1, 0.15) is 0 Å². The first kappa shape index (κ1) is 13.0. The molecule has 1 aromatic rings. The van der Waals surface area contributed by atoms with E-state index in [-0.39, 0.29) is 13.3 Å². The molecule has 0 aromatic heterocycles. The molecule has 1 atom stereocenters. The lowest BCUT2D eigenvalue weighted by molar-refractivity contribution is -0.146. The Morgan fingerprint density at radius 2 is 2.05 bits per heavy atom. The number of ether oxygens (including phenoxy) is 2. The fourth-order valence-corrected chi connectivity index (χ4v) is 1.43. The predicted molar refractivity (Wildman–Crippen MR) is 63.2 cm³/mol. The van der Waals surface area contributed by atoms with Crippen molar-refractivity contribution in [2.45, 2.75) is 6.10 Å². The number of urea groups is 1. The maximum absolute atomic E-state index is 11.4. The van der Waals surface area contributed by atoms with Gasteiger partial charge in [0.2, 0.25) is 6.79 Å². The number of amides is 2. The molecule has 2 amide bonds. The Labute approximate surface area is 107 Å². The molecule has 0 spiro atoms. The number of hydrogen-bond acceptors (Lipinski definition) is 5. The highest BCUT2D eigenvalue weighted by molar-refractivity contribution is 5.90. The Balaban J connectivity index is 1.87. The van der Waals surface area contributed by atoms with Gasteiger partial charge in [-0.05, 0) is 12.1 Å². The van der Waals surface area contributed by atoms with Gasteiger partial charge < -0.3 is 30.3 Å². The Morgan fingerprint density at radius 3 is 2.79 bits per heavy atom. The van der Waals surface area contributed by atoms with Gasteiger partial charge in [-0.1, -0.05) is 0 Å². The molecule has 1 aliphatic heterocycles. The molecule has 102 valence electrons. The van der Waals surface area contributed by atoms with Gasteiger partial charge in [0.05, 0.1) is 6.54 Å². The summed E-state index contributed by atoms with van der Waals surface area (Å²) in [7, 11) is 0. The summed E-state index contributed by atoms with van der Waals surface area (Å²) in [5.41, 5.74) is 0.464. The molecule has 8 nitrogen and oxygen atoms in total. The Bertz CT molecular complexity index is 504. The van der Waals surface area contributed by atoms with E-state index in [1.165, 1.54) is 0 Å². The summed E-state index contributed by atoms with van der Waals surface area (Å²) in [5, 5.41) is 22.1. The summed E-state index contributed by atoms with van der Waals surface area (Å²) in [6, 6.07) is 4.21. The first-order valence-electron chi connectivity index (χ1n) is 5.41. The van der Waals surface area contributed by atoms with Gasteiger partial charge in [-0.2, -0.15) is 0 Å². The number of carboxylic acid groups (broad SMARTS) is 1. The lowest BCUT2D eigenvalue weighted by Crippen LogP contribution is -2.38. The summed E-state index contributed by atoms with van der Waals surface area (Å²) < 4.78 is 10.3. The number of carbonyl (C=O) groups excluding carboxylic acids is 1. The number of rotatable bonds is 4. The number of fused-ring (bicyclic) bond motifs is 1. The average molecular weight is 268 g/mol. The maximum Gasteiger partial charge on any atom is 0.334 e. The summed E-state index contributed by atoms with van der Waals surface area (Å²) in [6.07, 6.45) is -1.64. The fraction of sp³-hybridized carbons (Fsp3) is 0.273. The van der Waals surface area contributed by atoms with Gasteiger partial charge in [0.1, 0.15) is 0 Å². The third-order valence-corrected chi connectivity index (χ3v) is 2.37. The van der Waals surface area contributed by atoms with E-state index in [4.69, 9.17) is 19.7 Å². The molecule has 0 saturated heterocycles. The van der Waals surface area contributed by atoms with E-state index < -0.39 is 18.1 Å². The van der Waals surface area contributed by atoms with Crippen LogP contribution in [0.25, 0.3) is 0 Å². The second-order valence-corrected chi connectivity index (χ2v) is 3.76. The minimum Gasteiger partial charge on any atom is -0.479 e. The zero-order valence-corrected chi connectivity index (χ0v) is 9.75. The standard InChI is InChI=1S/C11H12N2O6/c14-7(10(15)16)4-12-11(17)13-6-1-2-8-9(3-6)19-5-18-8/h1-3,7,14H,4-5H2,(H,15,16)(H2,12,13,17). The molecule has 1 heterocycles. The van der Waals surface area contributed by atoms with Crippen molar-refractivity contribution in [1.29, 1.82) is 0 Å². The van der Waals surface area contributed by atoms with E-state index in [1.54, 1.807) is 18.2 Å². The summed E-state index contributed by atoms with van der Waals surface area (Å²) in [6.45, 7) is -0.249. The molecule has 0 radical (unpaired) electrons. The van der Waals surface area contributed by atoms with Crippen molar-refractivity contribution >= 4 is 17.7 Å². The predicted octanol–water partition coefficient (Wildman–Crippen LogP) is -0.0177. The van der Waals surface area contributed by atoms with Crippen LogP contribution in [0.5, 0.6) is 11.5 Å². The lowest BCUT2D eigenvalue weighted by Gasteiger charge is -2.09. The number of carboxylic acids is 1. The van der Waals surface area contributed by atoms with E-state index in [2.05, 4.69) is 10.6 Å². The second-order valence-electron chi connectivity index (χ2n) is 3.76. The monoisotopic (exact) mass is 268 g/mol. The van der Waals surface area contributed by atoms with Crippen LogP contribution in [-0.4, -0.2) is 41.7 Å². The number of nitrogens with one attached hydrogen (secondary N) is 2. The van der Waals surface area contributed by atoms with Crippen molar-refractivity contribution in [2.24, 2.45) is 0 Å². The number of aliphatic hydroxyl groups is 1. The maximum atomic E-state index is 11.4. The molecule has 8 heteroatoms. The molecular formula is C11H12N2O6.